The fraction of sp³-hybridized carbons (Fsp3) is 0.105. The summed E-state index contributed by atoms with van der Waals surface area (Å²) in [4.78, 5) is 24.0. The average molecular weight is 472 g/mol. The first-order chi connectivity index (χ1) is 13.8. The molecule has 1 aliphatic heterocycles. The molecule has 0 radical (unpaired) electrons. The number of nitrogens with one attached hydrogen (secondary N) is 2. The predicted molar refractivity (Wildman–Crippen MR) is 116 cm³/mol. The van der Waals surface area contributed by atoms with E-state index in [1.54, 1.807) is 30.3 Å². The Balaban J connectivity index is 1.87. The third kappa shape index (κ3) is 5.00. The van der Waals surface area contributed by atoms with Crippen molar-refractivity contribution in [3.63, 3.8) is 0 Å². The summed E-state index contributed by atoms with van der Waals surface area (Å²) in [7, 11) is 1.45. The lowest BCUT2D eigenvalue weighted by Crippen LogP contribution is -2.51. The van der Waals surface area contributed by atoms with E-state index in [2.05, 4.69) is 10.6 Å². The highest BCUT2D eigenvalue weighted by atomic mass is 35.5. The summed E-state index contributed by atoms with van der Waals surface area (Å²) >= 11 is 23.2. The van der Waals surface area contributed by atoms with E-state index in [1.807, 2.05) is 0 Å². The second-order valence-corrected chi connectivity index (χ2v) is 7.51. The van der Waals surface area contributed by atoms with Gasteiger partial charge in [0, 0.05) is 15.6 Å². The Morgan fingerprint density at radius 1 is 1.03 bits per heavy atom. The second-order valence-electron chi connectivity index (χ2n) is 5.85. The molecule has 1 saturated heterocycles. The number of carbonyl (C=O) groups is 2. The van der Waals surface area contributed by atoms with Crippen LogP contribution in [0.5, 0.6) is 11.5 Å². The maximum absolute atomic E-state index is 12.0. The number of methoxy groups -OCH3 is 1. The molecule has 2 amide bonds. The van der Waals surface area contributed by atoms with Crippen LogP contribution in [0.3, 0.4) is 0 Å². The summed E-state index contributed by atoms with van der Waals surface area (Å²) in [5.41, 5.74) is 1.07. The van der Waals surface area contributed by atoms with E-state index in [9.17, 15) is 9.59 Å². The first kappa shape index (κ1) is 21.4. The number of amides is 2. The Bertz CT molecular complexity index is 1030. The molecule has 0 spiro atoms. The Hall–Kier alpha value is -2.32. The van der Waals surface area contributed by atoms with Gasteiger partial charge in [0.2, 0.25) is 0 Å². The summed E-state index contributed by atoms with van der Waals surface area (Å²) in [6.07, 6.45) is 1.38. The van der Waals surface area contributed by atoms with Crippen LogP contribution >= 0.6 is 47.0 Å². The molecule has 0 aromatic heterocycles. The van der Waals surface area contributed by atoms with Crippen LogP contribution in [-0.2, 0) is 16.2 Å². The molecule has 3 rings (SSSR count). The van der Waals surface area contributed by atoms with Crippen LogP contribution in [0.15, 0.2) is 35.9 Å². The van der Waals surface area contributed by atoms with E-state index in [4.69, 9.17) is 56.5 Å². The van der Waals surface area contributed by atoms with E-state index in [0.29, 0.717) is 32.7 Å². The first-order valence-corrected chi connectivity index (χ1v) is 9.65. The highest BCUT2D eigenvalue weighted by Gasteiger charge is 2.26. The zero-order valence-corrected chi connectivity index (χ0v) is 17.9. The topological polar surface area (TPSA) is 76.7 Å². The van der Waals surface area contributed by atoms with E-state index in [-0.39, 0.29) is 22.3 Å². The van der Waals surface area contributed by atoms with Crippen LogP contribution in [-0.4, -0.2) is 24.0 Å². The summed E-state index contributed by atoms with van der Waals surface area (Å²) in [5, 5.41) is 5.89. The molecule has 10 heteroatoms. The SMILES string of the molecule is COc1cc(C=C2C(=O)NC(=S)NC2=O)cc(Cl)c1OCc1ccc(Cl)cc1Cl. The third-order valence-electron chi connectivity index (χ3n) is 3.89. The minimum Gasteiger partial charge on any atom is -0.493 e. The van der Waals surface area contributed by atoms with Crippen LogP contribution in [0.2, 0.25) is 15.1 Å². The molecule has 1 heterocycles. The van der Waals surface area contributed by atoms with E-state index in [0.717, 1.165) is 0 Å². The van der Waals surface area contributed by atoms with Gasteiger partial charge in [-0.2, -0.15) is 0 Å². The first-order valence-electron chi connectivity index (χ1n) is 8.11. The molecule has 1 aliphatic rings. The van der Waals surface area contributed by atoms with Crippen molar-refractivity contribution < 1.29 is 19.1 Å². The molecular weight excluding hydrogens is 459 g/mol. The van der Waals surface area contributed by atoms with Gasteiger partial charge in [-0.05, 0) is 48.1 Å². The van der Waals surface area contributed by atoms with Gasteiger partial charge in [0.1, 0.15) is 12.2 Å². The summed E-state index contributed by atoms with van der Waals surface area (Å²) in [6, 6.07) is 8.19. The molecule has 6 nitrogen and oxygen atoms in total. The van der Waals surface area contributed by atoms with Crippen molar-refractivity contribution in [2.45, 2.75) is 6.61 Å². The van der Waals surface area contributed by atoms with Crippen molar-refractivity contribution in [1.82, 2.24) is 10.6 Å². The summed E-state index contributed by atoms with van der Waals surface area (Å²) < 4.78 is 11.1. The van der Waals surface area contributed by atoms with Gasteiger partial charge in [-0.3, -0.25) is 20.2 Å². The van der Waals surface area contributed by atoms with Gasteiger partial charge in [-0.25, -0.2) is 0 Å². The number of halogens is 3. The quantitative estimate of drug-likeness (QED) is 0.389. The van der Waals surface area contributed by atoms with Crippen molar-refractivity contribution in [3.8, 4) is 11.5 Å². The molecule has 2 aromatic carbocycles. The fourth-order valence-corrected chi connectivity index (χ4v) is 3.45. The average Bonchev–Trinajstić information content (AvgIpc) is 2.64. The Kier molecular flexibility index (Phi) is 6.64. The van der Waals surface area contributed by atoms with Crippen molar-refractivity contribution in [1.29, 1.82) is 0 Å². The number of carbonyl (C=O) groups excluding carboxylic acids is 2. The van der Waals surface area contributed by atoms with Gasteiger partial charge in [-0.1, -0.05) is 40.9 Å². The van der Waals surface area contributed by atoms with Crippen LogP contribution in [0.25, 0.3) is 6.08 Å². The highest BCUT2D eigenvalue weighted by molar-refractivity contribution is 7.80. The normalized spacial score (nSPS) is 13.7. The summed E-state index contributed by atoms with van der Waals surface area (Å²) in [6.45, 7) is 0.134. The maximum Gasteiger partial charge on any atom is 0.263 e. The molecule has 2 N–H and O–H groups in total. The minimum atomic E-state index is -0.605. The lowest BCUT2D eigenvalue weighted by molar-refractivity contribution is -0.123. The zero-order valence-electron chi connectivity index (χ0n) is 14.8. The molecule has 0 aliphatic carbocycles. The van der Waals surface area contributed by atoms with E-state index < -0.39 is 11.8 Å². The predicted octanol–water partition coefficient (Wildman–Crippen LogP) is 4.15. The van der Waals surface area contributed by atoms with E-state index >= 15 is 0 Å². The standard InChI is InChI=1S/C19H13Cl3N2O4S/c1-27-15-6-9(4-12-17(25)23-19(29)24-18(12)26)5-14(22)16(15)28-8-10-2-3-11(20)7-13(10)21/h2-7H,8H2,1H3,(H2,23,24,25,26,29). The van der Waals surface area contributed by atoms with Crippen LogP contribution in [0.4, 0.5) is 0 Å². The Morgan fingerprint density at radius 2 is 1.72 bits per heavy atom. The van der Waals surface area contributed by atoms with Gasteiger partial charge < -0.3 is 9.47 Å². The number of hydrogen-bond donors (Lipinski definition) is 2. The lowest BCUT2D eigenvalue weighted by Gasteiger charge is -2.17. The minimum absolute atomic E-state index is 0.0441. The third-order valence-corrected chi connectivity index (χ3v) is 4.97. The second kappa shape index (κ2) is 9.00. The fourth-order valence-electron chi connectivity index (χ4n) is 2.52. The van der Waals surface area contributed by atoms with E-state index in [1.165, 1.54) is 13.2 Å². The molecular formula is C19H13Cl3N2O4S. The van der Waals surface area contributed by atoms with Crippen molar-refractivity contribution in [2.75, 3.05) is 7.11 Å². The van der Waals surface area contributed by atoms with Crippen molar-refractivity contribution >= 4 is 70.0 Å². The number of benzene rings is 2. The van der Waals surface area contributed by atoms with Gasteiger partial charge in [0.15, 0.2) is 16.6 Å². The number of hydrogen-bond acceptors (Lipinski definition) is 5. The molecule has 0 bridgehead atoms. The molecule has 29 heavy (non-hydrogen) atoms. The van der Waals surface area contributed by atoms with Crippen molar-refractivity contribution in [2.24, 2.45) is 0 Å². The Morgan fingerprint density at radius 3 is 2.34 bits per heavy atom. The van der Waals surface area contributed by atoms with Crippen LogP contribution in [0, 0.1) is 0 Å². The molecule has 2 aromatic rings. The Labute approximate surface area is 186 Å². The number of rotatable bonds is 5. The number of ether oxygens (including phenoxy) is 2. The zero-order chi connectivity index (χ0) is 21.1. The van der Waals surface area contributed by atoms with Crippen LogP contribution < -0.4 is 20.1 Å². The lowest BCUT2D eigenvalue weighted by atomic mass is 10.1. The highest BCUT2D eigenvalue weighted by Crippen LogP contribution is 2.38. The molecule has 0 unspecified atom stereocenters. The molecule has 0 saturated carbocycles. The molecule has 1 fully saturated rings. The van der Waals surface area contributed by atoms with Gasteiger partial charge >= 0.3 is 0 Å². The molecule has 150 valence electrons. The molecule has 0 atom stereocenters. The maximum atomic E-state index is 12.0. The number of thiocarbonyl (C=S) groups is 1. The van der Waals surface area contributed by atoms with Crippen molar-refractivity contribution in [3.05, 3.63) is 62.1 Å². The monoisotopic (exact) mass is 470 g/mol. The summed E-state index contributed by atoms with van der Waals surface area (Å²) in [5.74, 6) is -0.597. The smallest absolute Gasteiger partial charge is 0.263 e. The van der Waals surface area contributed by atoms with Gasteiger partial charge in [0.05, 0.1) is 12.1 Å². The van der Waals surface area contributed by atoms with Gasteiger partial charge in [-0.15, -0.1) is 0 Å². The van der Waals surface area contributed by atoms with Crippen LogP contribution in [0.1, 0.15) is 11.1 Å². The van der Waals surface area contributed by atoms with Gasteiger partial charge in [0.25, 0.3) is 11.8 Å². The largest absolute Gasteiger partial charge is 0.493 e.